The molecule has 0 saturated heterocycles. The molecule has 0 unspecified atom stereocenters. The van der Waals surface area contributed by atoms with E-state index < -0.39 is 0 Å². The smallest absolute Gasteiger partial charge is 0.0702 e. The van der Waals surface area contributed by atoms with Crippen LogP contribution in [0.5, 0.6) is 0 Å². The van der Waals surface area contributed by atoms with Crippen molar-refractivity contribution in [1.82, 2.24) is 4.98 Å². The molecule has 226 valence electrons. The number of aromatic nitrogens is 1. The summed E-state index contributed by atoms with van der Waals surface area (Å²) in [7, 11) is 0. The van der Waals surface area contributed by atoms with Gasteiger partial charge < -0.3 is 0 Å². The van der Waals surface area contributed by atoms with Crippen LogP contribution in [0.2, 0.25) is 0 Å². The van der Waals surface area contributed by atoms with Gasteiger partial charge in [-0.2, -0.15) is 0 Å². The van der Waals surface area contributed by atoms with Gasteiger partial charge >= 0.3 is 0 Å². The van der Waals surface area contributed by atoms with Crippen molar-refractivity contribution < 1.29 is 0 Å². The van der Waals surface area contributed by atoms with E-state index in [4.69, 9.17) is 0 Å². The second-order valence-corrected chi connectivity index (χ2v) is 12.1. The third-order valence-electron chi connectivity index (χ3n) is 8.89. The Morgan fingerprint density at radius 3 is 0.896 bits per heavy atom. The van der Waals surface area contributed by atoms with Crippen LogP contribution in [0.25, 0.3) is 78.0 Å². The molecule has 8 aromatic rings. The van der Waals surface area contributed by atoms with Gasteiger partial charge in [-0.25, -0.2) is 0 Å². The SMILES string of the molecule is c1ccc(-c2cccc(-c3cc(-c4cccc(-c5ccccc5)c4)cc(-c4cccc(-c5cccc(-c6ccccn6)c5)c4)c3)c2)cc1. The third-order valence-corrected chi connectivity index (χ3v) is 8.89. The molecule has 0 aliphatic rings. The second-order valence-electron chi connectivity index (χ2n) is 12.1. The lowest BCUT2D eigenvalue weighted by Crippen LogP contribution is -1.89. The summed E-state index contributed by atoms with van der Waals surface area (Å²) in [5.41, 5.74) is 16.4. The molecule has 0 amide bonds. The second kappa shape index (κ2) is 13.2. The van der Waals surface area contributed by atoms with Crippen LogP contribution in [0.3, 0.4) is 0 Å². The Morgan fingerprint density at radius 1 is 0.208 bits per heavy atom. The average Bonchev–Trinajstić information content (AvgIpc) is 3.19. The lowest BCUT2D eigenvalue weighted by atomic mass is 9.90. The topological polar surface area (TPSA) is 12.9 Å². The molecule has 0 saturated carbocycles. The molecule has 0 atom stereocenters. The van der Waals surface area contributed by atoms with E-state index in [0.29, 0.717) is 0 Å². The van der Waals surface area contributed by atoms with Crippen molar-refractivity contribution in [1.29, 1.82) is 0 Å². The van der Waals surface area contributed by atoms with Crippen molar-refractivity contribution in [2.24, 2.45) is 0 Å². The van der Waals surface area contributed by atoms with Crippen molar-refractivity contribution in [2.75, 3.05) is 0 Å². The number of pyridine rings is 1. The van der Waals surface area contributed by atoms with E-state index in [1.54, 1.807) is 0 Å². The number of nitrogens with zero attached hydrogens (tertiary/aromatic N) is 1. The summed E-state index contributed by atoms with van der Waals surface area (Å²) >= 11 is 0. The molecular weight excluding hydrogens is 579 g/mol. The highest BCUT2D eigenvalue weighted by Crippen LogP contribution is 2.37. The van der Waals surface area contributed by atoms with Crippen LogP contribution in [-0.2, 0) is 0 Å². The fraction of sp³-hybridized carbons (Fsp3) is 0. The van der Waals surface area contributed by atoms with Crippen molar-refractivity contribution in [2.45, 2.75) is 0 Å². The minimum atomic E-state index is 0.975. The van der Waals surface area contributed by atoms with Crippen LogP contribution in [0.4, 0.5) is 0 Å². The van der Waals surface area contributed by atoms with Crippen LogP contribution in [0, 0.1) is 0 Å². The zero-order valence-electron chi connectivity index (χ0n) is 26.5. The number of benzene rings is 7. The van der Waals surface area contributed by atoms with E-state index in [9.17, 15) is 0 Å². The van der Waals surface area contributed by atoms with E-state index in [-0.39, 0.29) is 0 Å². The van der Waals surface area contributed by atoms with E-state index in [0.717, 1.165) is 11.3 Å². The summed E-state index contributed by atoms with van der Waals surface area (Å²) in [5, 5.41) is 0. The molecule has 1 heteroatoms. The molecule has 8 rings (SSSR count). The highest BCUT2D eigenvalue weighted by Gasteiger charge is 2.11. The summed E-state index contributed by atoms with van der Waals surface area (Å²) in [4.78, 5) is 4.58. The first-order chi connectivity index (χ1) is 23.8. The fourth-order valence-corrected chi connectivity index (χ4v) is 6.42. The summed E-state index contributed by atoms with van der Waals surface area (Å²) in [6.45, 7) is 0. The molecular formula is C47H33N. The number of rotatable bonds is 7. The van der Waals surface area contributed by atoms with Gasteiger partial charge in [-0.3, -0.25) is 4.98 Å². The van der Waals surface area contributed by atoms with Crippen molar-refractivity contribution in [3.8, 4) is 78.0 Å². The van der Waals surface area contributed by atoms with Gasteiger partial charge in [0.15, 0.2) is 0 Å². The van der Waals surface area contributed by atoms with Crippen LogP contribution in [0.15, 0.2) is 200 Å². The Balaban J connectivity index is 1.25. The molecule has 1 heterocycles. The lowest BCUT2D eigenvalue weighted by Gasteiger charge is -2.14. The highest BCUT2D eigenvalue weighted by atomic mass is 14.7. The van der Waals surface area contributed by atoms with Crippen LogP contribution in [-0.4, -0.2) is 4.98 Å². The van der Waals surface area contributed by atoms with Gasteiger partial charge in [-0.15, -0.1) is 0 Å². The van der Waals surface area contributed by atoms with Crippen LogP contribution in [0.1, 0.15) is 0 Å². The van der Waals surface area contributed by atoms with Gasteiger partial charge in [0.2, 0.25) is 0 Å². The lowest BCUT2D eigenvalue weighted by molar-refractivity contribution is 1.33. The number of hydrogen-bond donors (Lipinski definition) is 0. The molecule has 1 nitrogen and oxygen atoms in total. The normalized spacial score (nSPS) is 10.9. The minimum absolute atomic E-state index is 0.975. The van der Waals surface area contributed by atoms with Gasteiger partial charge in [-0.1, -0.05) is 140 Å². The molecule has 0 fully saturated rings. The molecule has 1 aromatic heterocycles. The van der Waals surface area contributed by atoms with E-state index >= 15 is 0 Å². The highest BCUT2D eigenvalue weighted by molar-refractivity contribution is 5.85. The standard InChI is InChI=1S/C47H33N/c1-3-13-34(14-4-1)36-17-9-21-40(27-36)44-31-45(41-22-10-18-37(28-41)35-15-5-2-6-16-35)33-46(32-44)42-23-11-19-38(29-42)39-20-12-24-43(30-39)47-25-7-8-26-48-47/h1-33H. The quantitative estimate of drug-likeness (QED) is 0.175. The molecule has 0 bridgehead atoms. The van der Waals surface area contributed by atoms with Gasteiger partial charge in [0.1, 0.15) is 0 Å². The molecule has 0 aliphatic heterocycles. The first kappa shape index (κ1) is 29.1. The largest absolute Gasteiger partial charge is 0.256 e. The summed E-state index contributed by atoms with van der Waals surface area (Å²) in [6.07, 6.45) is 1.85. The Morgan fingerprint density at radius 2 is 0.500 bits per heavy atom. The number of hydrogen-bond acceptors (Lipinski definition) is 1. The van der Waals surface area contributed by atoms with Gasteiger partial charge in [0.05, 0.1) is 5.69 Å². The molecule has 0 N–H and O–H groups in total. The van der Waals surface area contributed by atoms with E-state index in [1.807, 2.05) is 18.3 Å². The van der Waals surface area contributed by atoms with Gasteiger partial charge in [0.25, 0.3) is 0 Å². The van der Waals surface area contributed by atoms with Crippen molar-refractivity contribution in [3.63, 3.8) is 0 Å². The van der Waals surface area contributed by atoms with Crippen molar-refractivity contribution in [3.05, 3.63) is 200 Å². The van der Waals surface area contributed by atoms with Gasteiger partial charge in [0, 0.05) is 11.8 Å². The fourth-order valence-electron chi connectivity index (χ4n) is 6.42. The maximum atomic E-state index is 4.58. The van der Waals surface area contributed by atoms with E-state index in [1.165, 1.54) is 66.8 Å². The molecule has 0 aliphatic carbocycles. The van der Waals surface area contributed by atoms with Crippen LogP contribution >= 0.6 is 0 Å². The third kappa shape index (κ3) is 6.23. The van der Waals surface area contributed by atoms with Gasteiger partial charge in [-0.05, 0) is 121 Å². The Bertz CT molecular complexity index is 2220. The summed E-state index contributed by atoms with van der Waals surface area (Å²) in [5.74, 6) is 0. The Kier molecular flexibility index (Phi) is 8.01. The predicted octanol–water partition coefficient (Wildman–Crippen LogP) is 12.8. The summed E-state index contributed by atoms with van der Waals surface area (Å²) in [6, 6.07) is 69.5. The Hall–Kier alpha value is -6.31. The minimum Gasteiger partial charge on any atom is -0.256 e. The maximum Gasteiger partial charge on any atom is 0.0702 e. The van der Waals surface area contributed by atoms with E-state index in [2.05, 4.69) is 187 Å². The van der Waals surface area contributed by atoms with Crippen LogP contribution < -0.4 is 0 Å². The average molecular weight is 612 g/mol. The molecule has 48 heavy (non-hydrogen) atoms. The maximum absolute atomic E-state index is 4.58. The summed E-state index contributed by atoms with van der Waals surface area (Å²) < 4.78 is 0. The first-order valence-corrected chi connectivity index (χ1v) is 16.4. The van der Waals surface area contributed by atoms with Crippen molar-refractivity contribution >= 4 is 0 Å². The predicted molar refractivity (Wildman–Crippen MR) is 202 cm³/mol. The molecule has 0 spiro atoms. The Labute approximate surface area is 282 Å². The molecule has 0 radical (unpaired) electrons. The first-order valence-electron chi connectivity index (χ1n) is 16.4. The zero-order valence-corrected chi connectivity index (χ0v) is 26.5. The zero-order chi connectivity index (χ0) is 32.1. The molecule has 7 aromatic carbocycles. The monoisotopic (exact) mass is 611 g/mol.